The summed E-state index contributed by atoms with van der Waals surface area (Å²) in [6, 6.07) is 0. The molecular formula is C28H52N2O2. The van der Waals surface area contributed by atoms with Gasteiger partial charge in [-0.2, -0.15) is 0 Å². The van der Waals surface area contributed by atoms with Gasteiger partial charge in [-0.15, -0.1) is 0 Å². The Morgan fingerprint density at radius 3 is 1.38 bits per heavy atom. The maximum atomic E-state index is 8.31. The number of hydrogen-bond donors (Lipinski definition) is 2. The van der Waals surface area contributed by atoms with Gasteiger partial charge in [0.2, 0.25) is 0 Å². The van der Waals surface area contributed by atoms with Crippen molar-refractivity contribution in [1.82, 2.24) is 0 Å². The first-order valence-electron chi connectivity index (χ1n) is 13.7. The van der Waals surface area contributed by atoms with Crippen molar-refractivity contribution in [3.8, 4) is 0 Å². The van der Waals surface area contributed by atoms with Crippen LogP contribution < -0.4 is 0 Å². The Morgan fingerprint density at radius 2 is 1.03 bits per heavy atom. The van der Waals surface area contributed by atoms with Gasteiger partial charge in [0, 0.05) is 12.8 Å². The summed E-state index contributed by atoms with van der Waals surface area (Å²) in [5.74, 6) is 4.85. The van der Waals surface area contributed by atoms with Crippen LogP contribution >= 0.6 is 0 Å². The molecule has 0 aliphatic heterocycles. The molecule has 0 aromatic carbocycles. The molecule has 2 saturated carbocycles. The number of nitrogens with one attached hydrogen (secondary N) is 2. The van der Waals surface area contributed by atoms with Gasteiger partial charge in [-0.05, 0) is 74.0 Å². The van der Waals surface area contributed by atoms with Crippen LogP contribution in [0.2, 0.25) is 0 Å². The first kappa shape index (κ1) is 27.2. The molecule has 2 aliphatic carbocycles. The lowest BCUT2D eigenvalue weighted by molar-refractivity contribution is 0.0332. The zero-order valence-electron chi connectivity index (χ0n) is 21.9. The lowest BCUT2D eigenvalue weighted by atomic mass is 9.75. The first-order valence-corrected chi connectivity index (χ1v) is 13.7. The second-order valence-corrected chi connectivity index (χ2v) is 11.7. The van der Waals surface area contributed by atoms with Crippen LogP contribution in [0.4, 0.5) is 0 Å². The minimum Gasteiger partial charge on any atom is -0.478 e. The molecule has 6 atom stereocenters. The maximum Gasteiger partial charge on any atom is 0.180 e. The molecule has 0 radical (unpaired) electrons. The van der Waals surface area contributed by atoms with E-state index in [1.165, 1.54) is 25.7 Å². The highest BCUT2D eigenvalue weighted by atomic mass is 16.5. The topological polar surface area (TPSA) is 66.2 Å². The number of ether oxygens (including phenoxy) is 2. The smallest absolute Gasteiger partial charge is 0.180 e. The van der Waals surface area contributed by atoms with Crippen LogP contribution in [0.25, 0.3) is 0 Å². The predicted molar refractivity (Wildman–Crippen MR) is 136 cm³/mol. The molecular weight excluding hydrogens is 396 g/mol. The summed E-state index contributed by atoms with van der Waals surface area (Å²) in [4.78, 5) is 0. The third-order valence-electron chi connectivity index (χ3n) is 8.07. The fraction of sp³-hybridized carbons (Fsp3) is 0.929. The van der Waals surface area contributed by atoms with Gasteiger partial charge in [0.15, 0.2) is 11.8 Å². The Hall–Kier alpha value is -1.06. The standard InChI is InChI=1S/C28H52N2O2/c1-19(2)23-15-13-21(5)17-25(23)31-27(29)11-9-7-8-10-12-28(30)32-26-18-22(6)14-16-24(26)20(3)4/h19-26,29-30H,7-18H2,1-6H3. The summed E-state index contributed by atoms with van der Waals surface area (Å²) in [6.45, 7) is 13.8. The number of unbranched alkanes of at least 4 members (excludes halogenated alkanes) is 3. The predicted octanol–water partition coefficient (Wildman–Crippen LogP) is 8.24. The van der Waals surface area contributed by atoms with Crippen molar-refractivity contribution in [3.05, 3.63) is 0 Å². The first-order chi connectivity index (χ1) is 15.2. The van der Waals surface area contributed by atoms with Gasteiger partial charge in [0.05, 0.1) is 0 Å². The average molecular weight is 449 g/mol. The zero-order valence-corrected chi connectivity index (χ0v) is 21.9. The monoisotopic (exact) mass is 448 g/mol. The summed E-state index contributed by atoms with van der Waals surface area (Å²) in [5, 5.41) is 16.6. The molecule has 0 amide bonds. The Morgan fingerprint density at radius 1 is 0.656 bits per heavy atom. The van der Waals surface area contributed by atoms with Crippen molar-refractivity contribution in [1.29, 1.82) is 10.8 Å². The molecule has 2 fully saturated rings. The molecule has 2 aliphatic rings. The largest absolute Gasteiger partial charge is 0.478 e. The SMILES string of the molecule is CC1CCC(C(C)C)C(OC(=N)CCCCCCC(=N)OC2CC(C)CCC2C(C)C)C1. The molecule has 0 saturated heterocycles. The zero-order chi connectivity index (χ0) is 23.7. The molecule has 2 rings (SSSR count). The summed E-state index contributed by atoms with van der Waals surface area (Å²) < 4.78 is 12.3. The van der Waals surface area contributed by atoms with E-state index in [1.54, 1.807) is 0 Å². The average Bonchev–Trinajstić information content (AvgIpc) is 2.70. The second kappa shape index (κ2) is 13.6. The van der Waals surface area contributed by atoms with Crippen LogP contribution in [0.5, 0.6) is 0 Å². The minimum absolute atomic E-state index is 0.237. The molecule has 32 heavy (non-hydrogen) atoms. The quantitative estimate of drug-likeness (QED) is 0.190. The van der Waals surface area contributed by atoms with Crippen LogP contribution in [0.15, 0.2) is 0 Å². The second-order valence-electron chi connectivity index (χ2n) is 11.7. The maximum absolute atomic E-state index is 8.31. The fourth-order valence-corrected chi connectivity index (χ4v) is 5.91. The molecule has 186 valence electrons. The summed E-state index contributed by atoms with van der Waals surface area (Å²) in [7, 11) is 0. The van der Waals surface area contributed by atoms with Crippen molar-refractivity contribution in [2.75, 3.05) is 0 Å². The van der Waals surface area contributed by atoms with E-state index in [0.29, 0.717) is 47.3 Å². The molecule has 2 N–H and O–H groups in total. The third-order valence-corrected chi connectivity index (χ3v) is 8.07. The molecule has 4 heteroatoms. The van der Waals surface area contributed by atoms with Gasteiger partial charge in [-0.25, -0.2) is 0 Å². The summed E-state index contributed by atoms with van der Waals surface area (Å²) in [5.41, 5.74) is 0. The highest BCUT2D eigenvalue weighted by Crippen LogP contribution is 2.36. The molecule has 4 nitrogen and oxygen atoms in total. The van der Waals surface area contributed by atoms with Crippen molar-refractivity contribution in [3.63, 3.8) is 0 Å². The molecule has 0 aromatic rings. The fourth-order valence-electron chi connectivity index (χ4n) is 5.91. The molecule has 6 unspecified atom stereocenters. The van der Waals surface area contributed by atoms with E-state index >= 15 is 0 Å². The third kappa shape index (κ3) is 9.06. The van der Waals surface area contributed by atoms with E-state index in [2.05, 4.69) is 41.5 Å². The van der Waals surface area contributed by atoms with E-state index in [4.69, 9.17) is 20.3 Å². The van der Waals surface area contributed by atoms with Gasteiger partial charge >= 0.3 is 0 Å². The van der Waals surface area contributed by atoms with Gasteiger partial charge < -0.3 is 9.47 Å². The van der Waals surface area contributed by atoms with Crippen molar-refractivity contribution in [2.45, 2.75) is 131 Å². The Kier molecular flexibility index (Phi) is 11.6. The van der Waals surface area contributed by atoms with Gasteiger partial charge in [0.1, 0.15) is 12.2 Å². The lowest BCUT2D eigenvalue weighted by Gasteiger charge is -2.37. The van der Waals surface area contributed by atoms with Crippen molar-refractivity contribution < 1.29 is 9.47 Å². The van der Waals surface area contributed by atoms with Crippen LogP contribution in [-0.4, -0.2) is 24.0 Å². The Labute approximate surface area is 198 Å². The van der Waals surface area contributed by atoms with Crippen LogP contribution in [0, 0.1) is 46.3 Å². The molecule has 0 heterocycles. The van der Waals surface area contributed by atoms with Crippen molar-refractivity contribution in [2.24, 2.45) is 35.5 Å². The van der Waals surface area contributed by atoms with E-state index < -0.39 is 0 Å². The van der Waals surface area contributed by atoms with E-state index in [1.807, 2.05) is 0 Å². The molecule has 0 bridgehead atoms. The van der Waals surface area contributed by atoms with Gasteiger partial charge in [0.25, 0.3) is 0 Å². The normalized spacial score (nSPS) is 31.0. The lowest BCUT2D eigenvalue weighted by Crippen LogP contribution is -2.35. The number of hydrogen-bond acceptors (Lipinski definition) is 4. The highest BCUT2D eigenvalue weighted by molar-refractivity contribution is 5.73. The van der Waals surface area contributed by atoms with Crippen LogP contribution in [0.3, 0.4) is 0 Å². The van der Waals surface area contributed by atoms with Gasteiger partial charge in [-0.3, -0.25) is 10.8 Å². The van der Waals surface area contributed by atoms with E-state index in [9.17, 15) is 0 Å². The highest BCUT2D eigenvalue weighted by Gasteiger charge is 2.33. The summed E-state index contributed by atoms with van der Waals surface area (Å²) >= 11 is 0. The molecule has 0 aromatic heterocycles. The molecule has 0 spiro atoms. The minimum atomic E-state index is 0.237. The van der Waals surface area contributed by atoms with Crippen LogP contribution in [-0.2, 0) is 9.47 Å². The van der Waals surface area contributed by atoms with Gasteiger partial charge in [-0.1, -0.05) is 67.2 Å². The van der Waals surface area contributed by atoms with E-state index in [0.717, 1.165) is 51.4 Å². The van der Waals surface area contributed by atoms with Crippen LogP contribution in [0.1, 0.15) is 119 Å². The Balaban J connectivity index is 1.59. The van der Waals surface area contributed by atoms with Crippen molar-refractivity contribution >= 4 is 11.8 Å². The van der Waals surface area contributed by atoms with E-state index in [-0.39, 0.29) is 12.2 Å². The number of rotatable bonds is 11. The Bertz CT molecular complexity index is 524. The summed E-state index contributed by atoms with van der Waals surface area (Å²) in [6.07, 6.45) is 13.5.